The van der Waals surface area contributed by atoms with E-state index in [9.17, 15) is 0 Å². The van der Waals surface area contributed by atoms with Crippen molar-refractivity contribution in [1.82, 2.24) is 4.98 Å². The van der Waals surface area contributed by atoms with Crippen LogP contribution in [0.5, 0.6) is 5.75 Å². The molecule has 3 nitrogen and oxygen atoms in total. The number of hydrogen-bond donors (Lipinski definition) is 2. The standard InChI is InChI=1S/C10H9ClN2OS/c11-9-6-15-10(13-9)12-5-7-1-3-8(14)4-2-7/h1-4,6,14H,5H2,(H,12,13). The second-order valence-corrected chi connectivity index (χ2v) is 4.24. The summed E-state index contributed by atoms with van der Waals surface area (Å²) in [6, 6.07) is 7.03. The number of nitrogens with one attached hydrogen (secondary N) is 1. The molecule has 2 rings (SSSR count). The zero-order chi connectivity index (χ0) is 10.7. The van der Waals surface area contributed by atoms with Crippen molar-refractivity contribution in [3.8, 4) is 5.75 Å². The van der Waals surface area contributed by atoms with E-state index in [2.05, 4.69) is 10.3 Å². The second kappa shape index (κ2) is 4.51. The average molecular weight is 241 g/mol. The van der Waals surface area contributed by atoms with Gasteiger partial charge in [0, 0.05) is 11.9 Å². The van der Waals surface area contributed by atoms with E-state index in [0.717, 1.165) is 10.7 Å². The minimum absolute atomic E-state index is 0.274. The molecule has 1 aromatic carbocycles. The number of nitrogens with zero attached hydrogens (tertiary/aromatic N) is 1. The first-order valence-corrected chi connectivity index (χ1v) is 5.62. The van der Waals surface area contributed by atoms with Crippen LogP contribution in [0.25, 0.3) is 0 Å². The van der Waals surface area contributed by atoms with E-state index in [-0.39, 0.29) is 5.75 Å². The van der Waals surface area contributed by atoms with Crippen molar-refractivity contribution in [2.24, 2.45) is 0 Å². The van der Waals surface area contributed by atoms with Crippen LogP contribution in [0.4, 0.5) is 5.13 Å². The van der Waals surface area contributed by atoms with Gasteiger partial charge in [-0.1, -0.05) is 23.7 Å². The maximum Gasteiger partial charge on any atom is 0.184 e. The topological polar surface area (TPSA) is 45.1 Å². The lowest BCUT2D eigenvalue weighted by molar-refractivity contribution is 0.475. The van der Waals surface area contributed by atoms with Crippen LogP contribution in [0, 0.1) is 0 Å². The fraction of sp³-hybridized carbons (Fsp3) is 0.100. The van der Waals surface area contributed by atoms with Gasteiger partial charge in [-0.05, 0) is 17.7 Å². The fourth-order valence-corrected chi connectivity index (χ4v) is 1.96. The smallest absolute Gasteiger partial charge is 0.184 e. The number of hydrogen-bond acceptors (Lipinski definition) is 4. The van der Waals surface area contributed by atoms with Crippen molar-refractivity contribution in [2.45, 2.75) is 6.54 Å². The van der Waals surface area contributed by atoms with Gasteiger partial charge >= 0.3 is 0 Å². The molecule has 0 amide bonds. The molecule has 0 aliphatic carbocycles. The van der Waals surface area contributed by atoms with E-state index in [1.807, 2.05) is 12.1 Å². The Morgan fingerprint density at radius 1 is 1.33 bits per heavy atom. The fourth-order valence-electron chi connectivity index (χ4n) is 1.13. The monoisotopic (exact) mass is 240 g/mol. The van der Waals surface area contributed by atoms with Crippen molar-refractivity contribution in [2.75, 3.05) is 5.32 Å². The highest BCUT2D eigenvalue weighted by Crippen LogP contribution is 2.19. The number of anilines is 1. The third-order valence-electron chi connectivity index (χ3n) is 1.86. The minimum Gasteiger partial charge on any atom is -0.508 e. The van der Waals surface area contributed by atoms with E-state index >= 15 is 0 Å². The van der Waals surface area contributed by atoms with Crippen molar-refractivity contribution in [3.05, 3.63) is 40.4 Å². The zero-order valence-electron chi connectivity index (χ0n) is 7.77. The maximum absolute atomic E-state index is 9.10. The summed E-state index contributed by atoms with van der Waals surface area (Å²) >= 11 is 7.16. The summed E-state index contributed by atoms with van der Waals surface area (Å²) in [7, 11) is 0. The molecule has 1 heterocycles. The first kappa shape index (κ1) is 10.3. The minimum atomic E-state index is 0.274. The molecule has 0 atom stereocenters. The summed E-state index contributed by atoms with van der Waals surface area (Å²) in [4.78, 5) is 4.07. The zero-order valence-corrected chi connectivity index (χ0v) is 9.35. The molecular weight excluding hydrogens is 232 g/mol. The number of phenolic OH excluding ortho intramolecular Hbond substituents is 1. The quantitative estimate of drug-likeness (QED) is 0.867. The molecule has 0 saturated heterocycles. The Morgan fingerprint density at radius 2 is 2.07 bits per heavy atom. The molecule has 2 N–H and O–H groups in total. The molecule has 2 aromatic rings. The van der Waals surface area contributed by atoms with E-state index < -0.39 is 0 Å². The number of thiazole rings is 1. The number of aromatic nitrogens is 1. The third-order valence-corrected chi connectivity index (χ3v) is 2.98. The van der Waals surface area contributed by atoms with E-state index in [1.165, 1.54) is 11.3 Å². The summed E-state index contributed by atoms with van der Waals surface area (Å²) in [6.07, 6.45) is 0. The third kappa shape index (κ3) is 2.84. The molecule has 0 bridgehead atoms. The van der Waals surface area contributed by atoms with Gasteiger partial charge in [0.15, 0.2) is 5.13 Å². The van der Waals surface area contributed by atoms with E-state index in [4.69, 9.17) is 16.7 Å². The Kier molecular flexibility index (Phi) is 3.08. The molecular formula is C10H9ClN2OS. The Balaban J connectivity index is 1.96. The summed E-state index contributed by atoms with van der Waals surface area (Å²) in [6.45, 7) is 0.671. The van der Waals surface area contributed by atoms with Crippen molar-refractivity contribution in [3.63, 3.8) is 0 Å². The van der Waals surface area contributed by atoms with Crippen LogP contribution < -0.4 is 5.32 Å². The van der Waals surface area contributed by atoms with Crippen LogP contribution in [0.1, 0.15) is 5.56 Å². The Morgan fingerprint density at radius 3 is 2.67 bits per heavy atom. The van der Waals surface area contributed by atoms with Crippen LogP contribution in [0.3, 0.4) is 0 Å². The van der Waals surface area contributed by atoms with Gasteiger partial charge in [0.1, 0.15) is 10.9 Å². The largest absolute Gasteiger partial charge is 0.508 e. The van der Waals surface area contributed by atoms with E-state index in [1.54, 1.807) is 17.5 Å². The molecule has 0 radical (unpaired) electrons. The van der Waals surface area contributed by atoms with Gasteiger partial charge in [-0.2, -0.15) is 0 Å². The van der Waals surface area contributed by atoms with Gasteiger partial charge in [-0.25, -0.2) is 4.98 Å². The van der Waals surface area contributed by atoms with Gasteiger partial charge in [0.2, 0.25) is 0 Å². The molecule has 15 heavy (non-hydrogen) atoms. The number of benzene rings is 1. The molecule has 0 spiro atoms. The van der Waals surface area contributed by atoms with Gasteiger partial charge in [0.25, 0.3) is 0 Å². The van der Waals surface area contributed by atoms with E-state index in [0.29, 0.717) is 11.7 Å². The van der Waals surface area contributed by atoms with Gasteiger partial charge in [-0.15, -0.1) is 11.3 Å². The second-order valence-electron chi connectivity index (χ2n) is 3.00. The highest BCUT2D eigenvalue weighted by atomic mass is 35.5. The summed E-state index contributed by atoms with van der Waals surface area (Å²) < 4.78 is 0. The molecule has 0 fully saturated rings. The Bertz CT molecular complexity index is 441. The lowest BCUT2D eigenvalue weighted by atomic mass is 10.2. The van der Waals surface area contributed by atoms with Crippen molar-refractivity contribution in [1.29, 1.82) is 0 Å². The van der Waals surface area contributed by atoms with Crippen molar-refractivity contribution >= 4 is 28.1 Å². The van der Waals surface area contributed by atoms with Crippen LogP contribution in [0.2, 0.25) is 5.15 Å². The molecule has 0 aliphatic heterocycles. The molecule has 0 saturated carbocycles. The maximum atomic E-state index is 9.10. The highest BCUT2D eigenvalue weighted by molar-refractivity contribution is 7.14. The first-order chi connectivity index (χ1) is 7.24. The normalized spacial score (nSPS) is 10.2. The van der Waals surface area contributed by atoms with Gasteiger partial charge in [0.05, 0.1) is 0 Å². The number of halogens is 1. The molecule has 0 aliphatic rings. The van der Waals surface area contributed by atoms with Crippen LogP contribution >= 0.6 is 22.9 Å². The highest BCUT2D eigenvalue weighted by Gasteiger charge is 1.99. The Hall–Kier alpha value is -1.26. The van der Waals surface area contributed by atoms with Gasteiger partial charge < -0.3 is 10.4 Å². The summed E-state index contributed by atoms with van der Waals surface area (Å²) in [5, 5.41) is 15.3. The predicted octanol–water partition coefficient (Wildman–Crippen LogP) is 3.11. The van der Waals surface area contributed by atoms with Crippen LogP contribution in [-0.4, -0.2) is 10.1 Å². The van der Waals surface area contributed by atoms with Crippen LogP contribution in [0.15, 0.2) is 29.6 Å². The average Bonchev–Trinajstić information content (AvgIpc) is 2.64. The first-order valence-electron chi connectivity index (χ1n) is 4.37. The number of phenols is 1. The molecule has 1 aromatic heterocycles. The molecule has 5 heteroatoms. The molecule has 78 valence electrons. The number of aromatic hydroxyl groups is 1. The van der Waals surface area contributed by atoms with Gasteiger partial charge in [-0.3, -0.25) is 0 Å². The SMILES string of the molecule is Oc1ccc(CNc2nc(Cl)cs2)cc1. The lowest BCUT2D eigenvalue weighted by Crippen LogP contribution is -1.98. The summed E-state index contributed by atoms with van der Waals surface area (Å²) in [5.74, 6) is 0.274. The molecule has 0 unspecified atom stereocenters. The predicted molar refractivity (Wildman–Crippen MR) is 62.6 cm³/mol. The Labute approximate surface area is 96.4 Å². The van der Waals surface area contributed by atoms with Crippen LogP contribution in [-0.2, 0) is 6.54 Å². The summed E-state index contributed by atoms with van der Waals surface area (Å²) in [5.41, 5.74) is 1.08. The number of rotatable bonds is 3. The van der Waals surface area contributed by atoms with Crippen molar-refractivity contribution < 1.29 is 5.11 Å². The lowest BCUT2D eigenvalue weighted by Gasteiger charge is -2.02.